The summed E-state index contributed by atoms with van der Waals surface area (Å²) in [4.78, 5) is 27.9. The zero-order valence-corrected chi connectivity index (χ0v) is 10.4. The number of rotatable bonds is 4. The number of hydrogen-bond acceptors (Lipinski definition) is 3. The van der Waals surface area contributed by atoms with Gasteiger partial charge in [0.05, 0.1) is 0 Å². The molecule has 0 aromatic carbocycles. The SMILES string of the molecule is O=C(O)CN(C(=O)c1cccc(F)n1)C1CCCC1. The minimum atomic E-state index is -1.07. The molecule has 1 aliphatic carbocycles. The van der Waals surface area contributed by atoms with Crippen molar-refractivity contribution in [2.24, 2.45) is 0 Å². The summed E-state index contributed by atoms with van der Waals surface area (Å²) in [6.45, 7) is -0.373. The fourth-order valence-corrected chi connectivity index (χ4v) is 2.40. The standard InChI is InChI=1S/C13H15FN2O3/c14-11-7-3-6-10(15-11)13(19)16(8-12(17)18)9-4-1-2-5-9/h3,6-7,9H,1-2,4-5,8H2,(H,17,18). The molecule has 1 aromatic heterocycles. The van der Waals surface area contributed by atoms with Crippen LogP contribution < -0.4 is 0 Å². The number of aliphatic carboxylic acids is 1. The third kappa shape index (κ3) is 3.27. The summed E-state index contributed by atoms with van der Waals surface area (Å²) in [5.41, 5.74) is -0.0480. The van der Waals surface area contributed by atoms with E-state index in [-0.39, 0.29) is 18.3 Å². The van der Waals surface area contributed by atoms with Crippen LogP contribution in [0.25, 0.3) is 0 Å². The number of nitrogens with zero attached hydrogens (tertiary/aromatic N) is 2. The second-order valence-corrected chi connectivity index (χ2v) is 4.61. The quantitative estimate of drug-likeness (QED) is 0.842. The third-order valence-corrected chi connectivity index (χ3v) is 3.27. The smallest absolute Gasteiger partial charge is 0.323 e. The lowest BCUT2D eigenvalue weighted by Crippen LogP contribution is -2.42. The number of carboxylic acids is 1. The van der Waals surface area contributed by atoms with E-state index < -0.39 is 17.8 Å². The van der Waals surface area contributed by atoms with Crippen molar-refractivity contribution in [3.63, 3.8) is 0 Å². The second kappa shape index (κ2) is 5.77. The van der Waals surface area contributed by atoms with E-state index in [1.807, 2.05) is 0 Å². The highest BCUT2D eigenvalue weighted by molar-refractivity contribution is 5.94. The maximum Gasteiger partial charge on any atom is 0.323 e. The Morgan fingerprint density at radius 1 is 1.37 bits per heavy atom. The van der Waals surface area contributed by atoms with E-state index in [0.717, 1.165) is 31.7 Å². The van der Waals surface area contributed by atoms with Gasteiger partial charge in [-0.15, -0.1) is 0 Å². The summed E-state index contributed by atoms with van der Waals surface area (Å²) in [6.07, 6.45) is 3.53. The van der Waals surface area contributed by atoms with Crippen LogP contribution in [-0.2, 0) is 4.79 Å². The molecule has 0 spiro atoms. The van der Waals surface area contributed by atoms with E-state index in [1.54, 1.807) is 0 Å². The fourth-order valence-electron chi connectivity index (χ4n) is 2.40. The zero-order valence-electron chi connectivity index (χ0n) is 10.4. The molecule has 0 saturated heterocycles. The summed E-state index contributed by atoms with van der Waals surface area (Å²) >= 11 is 0. The largest absolute Gasteiger partial charge is 0.480 e. The summed E-state index contributed by atoms with van der Waals surface area (Å²) in [7, 11) is 0. The Kier molecular flexibility index (Phi) is 4.09. The van der Waals surface area contributed by atoms with Crippen LogP contribution in [0.4, 0.5) is 4.39 Å². The molecule has 0 radical (unpaired) electrons. The first-order chi connectivity index (χ1) is 9.08. The van der Waals surface area contributed by atoms with Gasteiger partial charge in [0.2, 0.25) is 5.95 Å². The molecular weight excluding hydrogens is 251 g/mol. The summed E-state index contributed by atoms with van der Waals surface area (Å²) in [5.74, 6) is -2.34. The van der Waals surface area contributed by atoms with Gasteiger partial charge in [0.1, 0.15) is 12.2 Å². The van der Waals surface area contributed by atoms with Crippen LogP contribution in [0.3, 0.4) is 0 Å². The molecule has 5 nitrogen and oxygen atoms in total. The van der Waals surface area contributed by atoms with Gasteiger partial charge in [0, 0.05) is 6.04 Å². The van der Waals surface area contributed by atoms with Crippen LogP contribution in [0.2, 0.25) is 0 Å². The number of hydrogen-bond donors (Lipinski definition) is 1. The van der Waals surface area contributed by atoms with Gasteiger partial charge in [-0.2, -0.15) is 4.39 Å². The third-order valence-electron chi connectivity index (χ3n) is 3.27. The molecule has 2 rings (SSSR count). The predicted octanol–water partition coefficient (Wildman–Crippen LogP) is 1.69. The Hall–Kier alpha value is -1.98. The molecule has 0 aliphatic heterocycles. The highest BCUT2D eigenvalue weighted by Gasteiger charge is 2.29. The number of pyridine rings is 1. The Balaban J connectivity index is 2.21. The molecular formula is C13H15FN2O3. The molecule has 1 fully saturated rings. The normalized spacial score (nSPS) is 15.4. The molecule has 102 valence electrons. The van der Waals surface area contributed by atoms with E-state index in [9.17, 15) is 14.0 Å². The molecule has 6 heteroatoms. The maximum atomic E-state index is 13.0. The lowest BCUT2D eigenvalue weighted by atomic mass is 10.2. The number of carboxylic acid groups (broad SMARTS) is 1. The summed E-state index contributed by atoms with van der Waals surface area (Å²) in [5, 5.41) is 8.91. The lowest BCUT2D eigenvalue weighted by molar-refractivity contribution is -0.138. The highest BCUT2D eigenvalue weighted by Crippen LogP contribution is 2.24. The summed E-state index contributed by atoms with van der Waals surface area (Å²) < 4.78 is 13.0. The average molecular weight is 266 g/mol. The Morgan fingerprint density at radius 2 is 2.05 bits per heavy atom. The lowest BCUT2D eigenvalue weighted by Gasteiger charge is -2.26. The van der Waals surface area contributed by atoms with E-state index in [1.165, 1.54) is 17.0 Å². The molecule has 1 aromatic rings. The summed E-state index contributed by atoms with van der Waals surface area (Å²) in [6, 6.07) is 3.85. The first-order valence-electron chi connectivity index (χ1n) is 6.23. The van der Waals surface area contributed by atoms with Crippen LogP contribution in [0.5, 0.6) is 0 Å². The zero-order chi connectivity index (χ0) is 13.8. The van der Waals surface area contributed by atoms with Gasteiger partial charge >= 0.3 is 5.97 Å². The van der Waals surface area contributed by atoms with Gasteiger partial charge in [-0.1, -0.05) is 18.9 Å². The van der Waals surface area contributed by atoms with Crippen LogP contribution in [0, 0.1) is 5.95 Å². The number of amides is 1. The number of carbonyl (C=O) groups is 2. The first-order valence-corrected chi connectivity index (χ1v) is 6.23. The second-order valence-electron chi connectivity index (χ2n) is 4.61. The molecule has 0 unspecified atom stereocenters. The molecule has 0 bridgehead atoms. The van der Waals surface area contributed by atoms with Gasteiger partial charge in [0.25, 0.3) is 5.91 Å². The van der Waals surface area contributed by atoms with Gasteiger partial charge in [0.15, 0.2) is 0 Å². The maximum absolute atomic E-state index is 13.0. The first kappa shape index (κ1) is 13.5. The van der Waals surface area contributed by atoms with Crippen LogP contribution in [0.15, 0.2) is 18.2 Å². The monoisotopic (exact) mass is 266 g/mol. The van der Waals surface area contributed by atoms with Gasteiger partial charge in [-0.3, -0.25) is 9.59 Å². The molecule has 0 atom stereocenters. The van der Waals surface area contributed by atoms with E-state index in [0.29, 0.717) is 0 Å². The molecule has 1 N–H and O–H groups in total. The van der Waals surface area contributed by atoms with E-state index in [4.69, 9.17) is 5.11 Å². The topological polar surface area (TPSA) is 70.5 Å². The van der Waals surface area contributed by atoms with Gasteiger partial charge < -0.3 is 10.0 Å². The Labute approximate surface area is 110 Å². The van der Waals surface area contributed by atoms with Crippen molar-refractivity contribution < 1.29 is 19.1 Å². The van der Waals surface area contributed by atoms with Crippen LogP contribution in [0.1, 0.15) is 36.2 Å². The Bertz CT molecular complexity index is 487. The van der Waals surface area contributed by atoms with Crippen molar-refractivity contribution in [1.29, 1.82) is 0 Å². The van der Waals surface area contributed by atoms with Gasteiger partial charge in [-0.05, 0) is 25.0 Å². The number of halogens is 1. The van der Waals surface area contributed by atoms with Crippen molar-refractivity contribution in [2.45, 2.75) is 31.7 Å². The minimum absolute atomic E-state index is 0.0480. The number of aromatic nitrogens is 1. The number of carbonyl (C=O) groups excluding carboxylic acids is 1. The van der Waals surface area contributed by atoms with Gasteiger partial charge in [-0.25, -0.2) is 4.98 Å². The minimum Gasteiger partial charge on any atom is -0.480 e. The molecule has 1 aliphatic rings. The van der Waals surface area contributed by atoms with Crippen molar-refractivity contribution in [3.8, 4) is 0 Å². The molecule has 1 amide bonds. The average Bonchev–Trinajstić information content (AvgIpc) is 2.88. The van der Waals surface area contributed by atoms with Crippen molar-refractivity contribution in [2.75, 3.05) is 6.54 Å². The van der Waals surface area contributed by atoms with Crippen molar-refractivity contribution >= 4 is 11.9 Å². The van der Waals surface area contributed by atoms with Crippen molar-refractivity contribution in [1.82, 2.24) is 9.88 Å². The molecule has 1 saturated carbocycles. The van der Waals surface area contributed by atoms with E-state index in [2.05, 4.69) is 4.98 Å². The predicted molar refractivity (Wildman–Crippen MR) is 65.1 cm³/mol. The van der Waals surface area contributed by atoms with Crippen LogP contribution in [-0.4, -0.2) is 39.5 Å². The van der Waals surface area contributed by atoms with Crippen LogP contribution >= 0.6 is 0 Å². The van der Waals surface area contributed by atoms with Crippen molar-refractivity contribution in [3.05, 3.63) is 29.8 Å². The molecule has 1 heterocycles. The Morgan fingerprint density at radius 3 is 2.63 bits per heavy atom. The fraction of sp³-hybridized carbons (Fsp3) is 0.462. The molecule has 19 heavy (non-hydrogen) atoms. The van der Waals surface area contributed by atoms with E-state index >= 15 is 0 Å². The highest BCUT2D eigenvalue weighted by atomic mass is 19.1.